The van der Waals surface area contributed by atoms with E-state index in [1.165, 1.54) is 5.39 Å². The van der Waals surface area contributed by atoms with Gasteiger partial charge < -0.3 is 8.83 Å². The van der Waals surface area contributed by atoms with E-state index in [9.17, 15) is 0 Å². The zero-order valence-electron chi connectivity index (χ0n) is 30.2. The van der Waals surface area contributed by atoms with E-state index >= 15 is 0 Å². The Balaban J connectivity index is 1.10. The Labute approximate surface area is 329 Å². The molecular formula is C50H28N4O2S. The van der Waals surface area contributed by atoms with Gasteiger partial charge in [0, 0.05) is 38.2 Å². The van der Waals surface area contributed by atoms with Gasteiger partial charge in [-0.1, -0.05) is 127 Å². The molecule has 0 bridgehead atoms. The normalized spacial score (nSPS) is 11.9. The van der Waals surface area contributed by atoms with Crippen LogP contribution in [0.5, 0.6) is 0 Å². The van der Waals surface area contributed by atoms with Gasteiger partial charge in [-0.2, -0.15) is 0 Å². The second kappa shape index (κ2) is 12.5. The van der Waals surface area contributed by atoms with Crippen LogP contribution in [0.15, 0.2) is 179 Å². The van der Waals surface area contributed by atoms with Gasteiger partial charge in [0.1, 0.15) is 27.3 Å². The molecule has 0 radical (unpaired) electrons. The minimum absolute atomic E-state index is 0.512. The number of rotatable bonds is 5. The van der Waals surface area contributed by atoms with Crippen molar-refractivity contribution >= 4 is 76.2 Å². The van der Waals surface area contributed by atoms with Gasteiger partial charge in [-0.15, -0.1) is 11.3 Å². The van der Waals surface area contributed by atoms with Crippen molar-refractivity contribution in [3.63, 3.8) is 0 Å². The Kier molecular flexibility index (Phi) is 7.00. The van der Waals surface area contributed by atoms with Gasteiger partial charge in [0.2, 0.25) is 0 Å². The SMILES string of the molecule is c1ccc(-c2nc(-c3cc(-c4ccccc4)c4ccccc4c3)nc(-c3cc4nc(-c5ccc6c(c5)oc5ccccc56)sc4c4c3oc3ccccc34)n2)cc1. The second-order valence-corrected chi connectivity index (χ2v) is 15.2. The molecule has 0 aliphatic rings. The van der Waals surface area contributed by atoms with Crippen LogP contribution in [0.4, 0.5) is 0 Å². The highest BCUT2D eigenvalue weighted by molar-refractivity contribution is 7.22. The quantitative estimate of drug-likeness (QED) is 0.174. The van der Waals surface area contributed by atoms with E-state index in [1.54, 1.807) is 11.3 Å². The third kappa shape index (κ3) is 5.17. The molecule has 12 aromatic rings. The van der Waals surface area contributed by atoms with Crippen molar-refractivity contribution in [3.05, 3.63) is 170 Å². The number of para-hydroxylation sites is 2. The Bertz CT molecular complexity index is 3530. The van der Waals surface area contributed by atoms with Crippen molar-refractivity contribution in [3.8, 4) is 55.9 Å². The van der Waals surface area contributed by atoms with E-state index in [4.69, 9.17) is 28.8 Å². The van der Waals surface area contributed by atoms with Crippen LogP contribution in [-0.2, 0) is 0 Å². The minimum atomic E-state index is 0.512. The van der Waals surface area contributed by atoms with Crippen LogP contribution in [0.2, 0.25) is 0 Å². The molecule has 0 atom stereocenters. The third-order valence-electron chi connectivity index (χ3n) is 10.7. The molecule has 4 heterocycles. The first-order valence-corrected chi connectivity index (χ1v) is 19.6. The molecule has 0 amide bonds. The zero-order valence-corrected chi connectivity index (χ0v) is 31.0. The number of hydrogen-bond acceptors (Lipinski definition) is 7. The van der Waals surface area contributed by atoms with E-state index in [0.29, 0.717) is 23.1 Å². The van der Waals surface area contributed by atoms with Crippen LogP contribution in [-0.4, -0.2) is 19.9 Å². The fourth-order valence-electron chi connectivity index (χ4n) is 8.06. The van der Waals surface area contributed by atoms with Gasteiger partial charge in [0.25, 0.3) is 0 Å². The van der Waals surface area contributed by atoms with Gasteiger partial charge in [0.15, 0.2) is 17.5 Å². The summed E-state index contributed by atoms with van der Waals surface area (Å²) in [4.78, 5) is 20.8. The van der Waals surface area contributed by atoms with Crippen LogP contribution in [0.3, 0.4) is 0 Å². The molecule has 0 N–H and O–H groups in total. The maximum absolute atomic E-state index is 6.74. The molecule has 0 saturated heterocycles. The monoisotopic (exact) mass is 748 g/mol. The average molecular weight is 749 g/mol. The van der Waals surface area contributed by atoms with Gasteiger partial charge >= 0.3 is 0 Å². The topological polar surface area (TPSA) is 77.8 Å². The maximum atomic E-state index is 6.74. The highest BCUT2D eigenvalue weighted by Gasteiger charge is 2.23. The molecule has 4 aromatic heterocycles. The van der Waals surface area contributed by atoms with Crippen molar-refractivity contribution in [1.82, 2.24) is 19.9 Å². The van der Waals surface area contributed by atoms with Crippen molar-refractivity contribution in [1.29, 1.82) is 0 Å². The first-order valence-electron chi connectivity index (χ1n) is 18.8. The lowest BCUT2D eigenvalue weighted by molar-refractivity contribution is 0.669. The van der Waals surface area contributed by atoms with Crippen molar-refractivity contribution in [2.24, 2.45) is 0 Å². The molecule has 0 spiro atoms. The number of furan rings is 2. The van der Waals surface area contributed by atoms with Crippen molar-refractivity contribution < 1.29 is 8.83 Å². The van der Waals surface area contributed by atoms with E-state index in [2.05, 4.69) is 97.1 Å². The lowest BCUT2D eigenvalue weighted by Crippen LogP contribution is -2.01. The number of fused-ring (bicyclic) bond motifs is 9. The molecule has 0 fully saturated rings. The van der Waals surface area contributed by atoms with E-state index in [1.807, 2.05) is 72.8 Å². The first-order chi connectivity index (χ1) is 28.2. The average Bonchev–Trinajstić information content (AvgIpc) is 3.99. The van der Waals surface area contributed by atoms with Crippen LogP contribution < -0.4 is 0 Å². The predicted octanol–water partition coefficient (Wildman–Crippen LogP) is 13.8. The molecule has 0 saturated carbocycles. The summed E-state index contributed by atoms with van der Waals surface area (Å²) in [5, 5.41) is 7.36. The largest absolute Gasteiger partial charge is 0.456 e. The number of benzene rings is 8. The zero-order chi connectivity index (χ0) is 37.5. The van der Waals surface area contributed by atoms with E-state index < -0.39 is 0 Å². The Morgan fingerprint density at radius 2 is 1.02 bits per heavy atom. The summed E-state index contributed by atoms with van der Waals surface area (Å²) in [6.45, 7) is 0. The van der Waals surface area contributed by atoms with Crippen LogP contribution in [0.25, 0.3) is 121 Å². The molecular weight excluding hydrogens is 721 g/mol. The summed E-state index contributed by atoms with van der Waals surface area (Å²) in [6, 6.07) is 58.1. The third-order valence-corrected chi connectivity index (χ3v) is 11.9. The number of nitrogens with zero attached hydrogens (tertiary/aromatic N) is 4. The number of aromatic nitrogens is 4. The fourth-order valence-corrected chi connectivity index (χ4v) is 9.15. The summed E-state index contributed by atoms with van der Waals surface area (Å²) in [6.07, 6.45) is 0. The molecule has 57 heavy (non-hydrogen) atoms. The molecule has 0 unspecified atom stereocenters. The summed E-state index contributed by atoms with van der Waals surface area (Å²) in [7, 11) is 0. The highest BCUT2D eigenvalue weighted by Crippen LogP contribution is 2.45. The lowest BCUT2D eigenvalue weighted by atomic mass is 9.95. The molecule has 0 aliphatic carbocycles. The van der Waals surface area contributed by atoms with Crippen LogP contribution >= 0.6 is 11.3 Å². The summed E-state index contributed by atoms with van der Waals surface area (Å²) in [5.74, 6) is 1.66. The van der Waals surface area contributed by atoms with Crippen molar-refractivity contribution in [2.75, 3.05) is 0 Å². The molecule has 12 rings (SSSR count). The van der Waals surface area contributed by atoms with Crippen molar-refractivity contribution in [2.45, 2.75) is 0 Å². The summed E-state index contributed by atoms with van der Waals surface area (Å²) >= 11 is 1.65. The highest BCUT2D eigenvalue weighted by atomic mass is 32.1. The standard InChI is InChI=1S/C50H28N4O2S/c1-3-13-29(14-4-1)38-26-33(25-31-17-7-8-18-34(31)38)48-52-47(30-15-5-2-6-16-30)53-49(54-48)39-28-40-46(44-37-20-10-12-22-42(37)56-45(39)44)57-50(51-40)32-23-24-36-35-19-9-11-21-41(35)55-43(36)27-32/h1-28H. The van der Waals surface area contributed by atoms with Crippen LogP contribution in [0, 0.1) is 0 Å². The molecule has 0 aliphatic heterocycles. The Hall–Kier alpha value is -7.48. The number of hydrogen-bond donors (Lipinski definition) is 0. The second-order valence-electron chi connectivity index (χ2n) is 14.2. The Morgan fingerprint density at radius 3 is 1.82 bits per heavy atom. The molecule has 266 valence electrons. The van der Waals surface area contributed by atoms with Crippen LogP contribution in [0.1, 0.15) is 0 Å². The molecule has 6 nitrogen and oxygen atoms in total. The molecule has 8 aromatic carbocycles. The van der Waals surface area contributed by atoms with Gasteiger partial charge in [-0.3, -0.25) is 0 Å². The van der Waals surface area contributed by atoms with Gasteiger partial charge in [-0.25, -0.2) is 19.9 Å². The Morgan fingerprint density at radius 1 is 0.386 bits per heavy atom. The maximum Gasteiger partial charge on any atom is 0.167 e. The summed E-state index contributed by atoms with van der Waals surface area (Å²) < 4.78 is 14.1. The van der Waals surface area contributed by atoms with Gasteiger partial charge in [-0.05, 0) is 64.4 Å². The minimum Gasteiger partial charge on any atom is -0.456 e. The lowest BCUT2D eigenvalue weighted by Gasteiger charge is -2.12. The van der Waals surface area contributed by atoms with Gasteiger partial charge in [0.05, 0.1) is 15.8 Å². The predicted molar refractivity (Wildman–Crippen MR) is 232 cm³/mol. The number of thiazole rings is 1. The fraction of sp³-hybridized carbons (Fsp3) is 0. The van der Waals surface area contributed by atoms with E-state index in [-0.39, 0.29) is 0 Å². The first kappa shape index (κ1) is 31.8. The smallest absolute Gasteiger partial charge is 0.167 e. The van der Waals surface area contributed by atoms with E-state index in [0.717, 1.165) is 92.3 Å². The molecule has 7 heteroatoms. The summed E-state index contributed by atoms with van der Waals surface area (Å²) in [5.41, 5.74) is 9.83.